The number of aromatic nitrogens is 1. The molecule has 0 radical (unpaired) electrons. The van der Waals surface area contributed by atoms with Gasteiger partial charge in [0.2, 0.25) is 5.91 Å². The van der Waals surface area contributed by atoms with E-state index in [1.807, 2.05) is 60.7 Å². The first-order valence-corrected chi connectivity index (χ1v) is 11.2. The van der Waals surface area contributed by atoms with E-state index in [2.05, 4.69) is 29.3 Å². The molecule has 0 bridgehead atoms. The van der Waals surface area contributed by atoms with Crippen LogP contribution < -0.4 is 10.5 Å². The molecule has 1 amide bonds. The molecular weight excluding hydrogens is 440 g/mol. The first-order valence-electron chi connectivity index (χ1n) is 11.2. The average molecular weight is 465 g/mol. The van der Waals surface area contributed by atoms with Crippen molar-refractivity contribution in [3.8, 4) is 5.75 Å². The van der Waals surface area contributed by atoms with Crippen molar-refractivity contribution in [2.45, 2.75) is 6.54 Å². The molecule has 0 aliphatic rings. The van der Waals surface area contributed by atoms with E-state index < -0.39 is 11.9 Å². The number of hydrogen-bond donors (Lipinski definition) is 1. The highest BCUT2D eigenvalue weighted by molar-refractivity contribution is 6.28. The fraction of sp³-hybridized carbons (Fsp3) is 0.103. The number of rotatable bonds is 7. The number of nitrogens with two attached hydrogens (primary N) is 1. The Labute approximate surface area is 202 Å². The Morgan fingerprint density at radius 3 is 2.43 bits per heavy atom. The highest BCUT2D eigenvalue weighted by Crippen LogP contribution is 2.43. The molecule has 0 unspecified atom stereocenters. The molecule has 0 saturated heterocycles. The van der Waals surface area contributed by atoms with E-state index in [9.17, 15) is 9.59 Å². The van der Waals surface area contributed by atoms with Crippen LogP contribution in [-0.2, 0) is 20.9 Å². The lowest BCUT2D eigenvalue weighted by molar-refractivity contribution is -0.142. The van der Waals surface area contributed by atoms with Gasteiger partial charge in [0.15, 0.2) is 6.61 Å². The van der Waals surface area contributed by atoms with Crippen molar-refractivity contribution in [2.75, 3.05) is 13.7 Å². The maximum Gasteiger partial charge on any atom is 0.343 e. The predicted octanol–water partition coefficient (Wildman–Crippen LogP) is 5.05. The lowest BCUT2D eigenvalue weighted by Crippen LogP contribution is -2.13. The summed E-state index contributed by atoms with van der Waals surface area (Å²) in [5, 5.41) is 3.58. The van der Waals surface area contributed by atoms with E-state index in [0.717, 1.165) is 38.1 Å². The van der Waals surface area contributed by atoms with Gasteiger partial charge in [-0.25, -0.2) is 4.79 Å². The summed E-state index contributed by atoms with van der Waals surface area (Å²) in [6.45, 7) is 4.31. The van der Waals surface area contributed by atoms with Crippen LogP contribution in [0.15, 0.2) is 85.4 Å². The third-order valence-electron chi connectivity index (χ3n) is 6.22. The van der Waals surface area contributed by atoms with Gasteiger partial charge in [-0.05, 0) is 28.6 Å². The quantitative estimate of drug-likeness (QED) is 0.270. The van der Waals surface area contributed by atoms with Gasteiger partial charge in [-0.15, -0.1) is 0 Å². The summed E-state index contributed by atoms with van der Waals surface area (Å²) < 4.78 is 13.0. The minimum Gasteiger partial charge on any atom is -0.481 e. The van der Waals surface area contributed by atoms with Crippen LogP contribution in [0.3, 0.4) is 0 Å². The third-order valence-corrected chi connectivity index (χ3v) is 6.22. The zero-order chi connectivity index (χ0) is 24.5. The maximum atomic E-state index is 12.2. The van der Waals surface area contributed by atoms with E-state index in [-0.39, 0.29) is 12.2 Å². The summed E-state index contributed by atoms with van der Waals surface area (Å²) in [5.41, 5.74) is 9.44. The number of fused-ring (bicyclic) bond motifs is 5. The number of hydrogen-bond acceptors (Lipinski definition) is 4. The summed E-state index contributed by atoms with van der Waals surface area (Å²) in [4.78, 5) is 24.1. The molecule has 0 aliphatic heterocycles. The SMILES string of the molecule is C=C(C(N)=O)c1cccc2c1c1c(OCC(=O)OC)cc3ccccc3c1n2Cc1ccccc1. The minimum absolute atomic E-state index is 0.210. The number of benzene rings is 4. The number of ether oxygens (including phenoxy) is 2. The zero-order valence-corrected chi connectivity index (χ0v) is 19.3. The van der Waals surface area contributed by atoms with Crippen molar-refractivity contribution in [1.82, 2.24) is 4.57 Å². The zero-order valence-electron chi connectivity index (χ0n) is 19.3. The van der Waals surface area contributed by atoms with Gasteiger partial charge in [0, 0.05) is 22.9 Å². The van der Waals surface area contributed by atoms with Crippen molar-refractivity contribution >= 4 is 50.0 Å². The second kappa shape index (κ2) is 8.99. The lowest BCUT2D eigenvalue weighted by Gasteiger charge is -2.12. The van der Waals surface area contributed by atoms with Gasteiger partial charge in [-0.1, -0.05) is 73.3 Å². The van der Waals surface area contributed by atoms with E-state index >= 15 is 0 Å². The van der Waals surface area contributed by atoms with Crippen molar-refractivity contribution in [3.63, 3.8) is 0 Å². The molecule has 1 aromatic heterocycles. The van der Waals surface area contributed by atoms with E-state index in [4.69, 9.17) is 15.2 Å². The Morgan fingerprint density at radius 1 is 0.943 bits per heavy atom. The molecule has 0 spiro atoms. The maximum absolute atomic E-state index is 12.2. The van der Waals surface area contributed by atoms with E-state index in [0.29, 0.717) is 17.9 Å². The fourth-order valence-electron chi connectivity index (χ4n) is 4.60. The monoisotopic (exact) mass is 464 g/mol. The third kappa shape index (κ3) is 3.89. The number of esters is 1. The molecule has 0 atom stereocenters. The van der Waals surface area contributed by atoms with Crippen molar-refractivity contribution in [2.24, 2.45) is 5.73 Å². The molecule has 0 aliphatic carbocycles. The highest BCUT2D eigenvalue weighted by atomic mass is 16.6. The molecule has 0 saturated carbocycles. The summed E-state index contributed by atoms with van der Waals surface area (Å²) in [6.07, 6.45) is 0. The van der Waals surface area contributed by atoms with Gasteiger partial charge in [0.05, 0.1) is 23.5 Å². The van der Waals surface area contributed by atoms with E-state index in [1.54, 1.807) is 0 Å². The van der Waals surface area contributed by atoms with Gasteiger partial charge >= 0.3 is 5.97 Å². The Kier molecular flexibility index (Phi) is 5.71. The van der Waals surface area contributed by atoms with Crippen LogP contribution in [0.25, 0.3) is 38.2 Å². The summed E-state index contributed by atoms with van der Waals surface area (Å²) in [7, 11) is 1.32. The first-order chi connectivity index (χ1) is 17.0. The molecule has 5 aromatic rings. The van der Waals surface area contributed by atoms with E-state index in [1.165, 1.54) is 7.11 Å². The minimum atomic E-state index is -0.598. The summed E-state index contributed by atoms with van der Waals surface area (Å²) >= 11 is 0. The average Bonchev–Trinajstić information content (AvgIpc) is 3.22. The molecular formula is C29H24N2O4. The molecule has 1 heterocycles. The molecule has 6 heteroatoms. The van der Waals surface area contributed by atoms with Crippen LogP contribution >= 0.6 is 0 Å². The van der Waals surface area contributed by atoms with Crippen LogP contribution in [0, 0.1) is 0 Å². The lowest BCUT2D eigenvalue weighted by atomic mass is 9.98. The van der Waals surface area contributed by atoms with Gasteiger partial charge in [-0.2, -0.15) is 0 Å². The molecule has 35 heavy (non-hydrogen) atoms. The Balaban J connectivity index is 1.93. The number of primary amides is 1. The highest BCUT2D eigenvalue weighted by Gasteiger charge is 2.23. The topological polar surface area (TPSA) is 83.6 Å². The molecule has 6 nitrogen and oxygen atoms in total. The molecule has 2 N–H and O–H groups in total. The van der Waals surface area contributed by atoms with Gasteiger partial charge in [0.1, 0.15) is 5.75 Å². The van der Waals surface area contributed by atoms with Crippen LogP contribution in [0.4, 0.5) is 0 Å². The smallest absolute Gasteiger partial charge is 0.343 e. The molecule has 0 fully saturated rings. The number of carbonyl (C=O) groups excluding carboxylic acids is 2. The molecule has 5 rings (SSSR count). The Morgan fingerprint density at radius 2 is 1.69 bits per heavy atom. The van der Waals surface area contributed by atoms with Crippen molar-refractivity contribution in [1.29, 1.82) is 0 Å². The Bertz CT molecular complexity index is 1620. The summed E-state index contributed by atoms with van der Waals surface area (Å²) in [5.74, 6) is -0.564. The second-order valence-corrected chi connectivity index (χ2v) is 8.30. The Hall–Kier alpha value is -4.58. The second-order valence-electron chi connectivity index (χ2n) is 8.30. The van der Waals surface area contributed by atoms with Crippen LogP contribution in [0.1, 0.15) is 11.1 Å². The standard InChI is InChI=1S/C29H24N2O4/c1-18(29(30)33)21-13-8-14-23-26(21)27-24(35-17-25(32)34-2)15-20-11-6-7-12-22(20)28(27)31(23)16-19-9-4-3-5-10-19/h3-15H,1,16-17H2,2H3,(H2,30,33). The number of amides is 1. The first kappa shape index (κ1) is 22.2. The van der Waals surface area contributed by atoms with Crippen LogP contribution in [-0.4, -0.2) is 30.2 Å². The van der Waals surface area contributed by atoms with Gasteiger partial charge in [-0.3, -0.25) is 4.79 Å². The van der Waals surface area contributed by atoms with Crippen molar-refractivity contribution < 1.29 is 19.1 Å². The molecule has 174 valence electrons. The van der Waals surface area contributed by atoms with Gasteiger partial charge in [0.25, 0.3) is 0 Å². The van der Waals surface area contributed by atoms with Crippen LogP contribution in [0.2, 0.25) is 0 Å². The predicted molar refractivity (Wildman–Crippen MR) is 138 cm³/mol. The normalized spacial score (nSPS) is 11.1. The number of nitrogens with zero attached hydrogens (tertiary/aromatic N) is 1. The fourth-order valence-corrected chi connectivity index (χ4v) is 4.60. The largest absolute Gasteiger partial charge is 0.481 e. The van der Waals surface area contributed by atoms with Gasteiger partial charge < -0.3 is 19.8 Å². The number of carbonyl (C=O) groups is 2. The summed E-state index contributed by atoms with van der Waals surface area (Å²) in [6, 6.07) is 25.8. The van der Waals surface area contributed by atoms with Crippen molar-refractivity contribution in [3.05, 3.63) is 96.6 Å². The number of methoxy groups -OCH3 is 1. The van der Waals surface area contributed by atoms with Crippen LogP contribution in [0.5, 0.6) is 5.75 Å². The molecule has 4 aromatic carbocycles.